The van der Waals surface area contributed by atoms with Gasteiger partial charge in [0.05, 0.1) is 23.0 Å². The van der Waals surface area contributed by atoms with E-state index < -0.39 is 5.91 Å². The van der Waals surface area contributed by atoms with E-state index in [-0.39, 0.29) is 24.3 Å². The van der Waals surface area contributed by atoms with E-state index in [4.69, 9.17) is 11.6 Å². The molecule has 8 heteroatoms. The SMILES string of the molecule is O=C1C[C@@H](c2ccccc2)n2nc(NC(=O)c3ccccc3Cl)nc2N1. The molecule has 1 atom stereocenters. The minimum atomic E-state index is -0.416. The normalized spacial score (nSPS) is 15.9. The van der Waals surface area contributed by atoms with Crippen LogP contribution in [0, 0.1) is 0 Å². The van der Waals surface area contributed by atoms with Crippen molar-refractivity contribution in [2.24, 2.45) is 0 Å². The summed E-state index contributed by atoms with van der Waals surface area (Å²) in [5.74, 6) is -0.165. The van der Waals surface area contributed by atoms with Gasteiger partial charge in [0.1, 0.15) is 0 Å². The van der Waals surface area contributed by atoms with Crippen molar-refractivity contribution in [2.45, 2.75) is 12.5 Å². The minimum absolute atomic E-state index is 0.105. The number of nitrogens with one attached hydrogen (secondary N) is 2. The van der Waals surface area contributed by atoms with Crippen LogP contribution in [0.25, 0.3) is 0 Å². The van der Waals surface area contributed by atoms with Crippen molar-refractivity contribution in [1.82, 2.24) is 14.8 Å². The summed E-state index contributed by atoms with van der Waals surface area (Å²) in [6.07, 6.45) is 0.248. The van der Waals surface area contributed by atoms with Gasteiger partial charge in [-0.15, -0.1) is 5.10 Å². The highest BCUT2D eigenvalue weighted by molar-refractivity contribution is 6.34. The molecule has 3 aromatic rings. The lowest BCUT2D eigenvalue weighted by atomic mass is 10.0. The Labute approximate surface area is 154 Å². The first kappa shape index (κ1) is 16.3. The molecule has 7 nitrogen and oxygen atoms in total. The molecule has 130 valence electrons. The number of aromatic nitrogens is 3. The number of fused-ring (bicyclic) bond motifs is 1. The second-order valence-corrected chi connectivity index (χ2v) is 6.22. The van der Waals surface area contributed by atoms with Crippen LogP contribution in [0.4, 0.5) is 11.9 Å². The van der Waals surface area contributed by atoms with Crippen LogP contribution in [0.3, 0.4) is 0 Å². The predicted octanol–water partition coefficient (Wildman–Crippen LogP) is 3.12. The molecule has 2 aromatic carbocycles. The van der Waals surface area contributed by atoms with Crippen LogP contribution in [0.5, 0.6) is 0 Å². The lowest BCUT2D eigenvalue weighted by Gasteiger charge is -2.23. The smallest absolute Gasteiger partial charge is 0.259 e. The second-order valence-electron chi connectivity index (χ2n) is 5.82. The third-order valence-corrected chi connectivity index (χ3v) is 4.41. The number of carbonyl (C=O) groups is 2. The molecule has 0 aliphatic carbocycles. The summed E-state index contributed by atoms with van der Waals surface area (Å²) < 4.78 is 1.61. The highest BCUT2D eigenvalue weighted by Gasteiger charge is 2.29. The van der Waals surface area contributed by atoms with Crippen molar-refractivity contribution in [3.63, 3.8) is 0 Å². The number of rotatable bonds is 3. The van der Waals surface area contributed by atoms with Crippen molar-refractivity contribution in [2.75, 3.05) is 10.6 Å². The first-order valence-electron chi connectivity index (χ1n) is 7.99. The molecule has 1 aliphatic heterocycles. The topological polar surface area (TPSA) is 88.9 Å². The fourth-order valence-corrected chi connectivity index (χ4v) is 3.09. The van der Waals surface area contributed by atoms with Gasteiger partial charge in [0.2, 0.25) is 11.9 Å². The van der Waals surface area contributed by atoms with Crippen LogP contribution < -0.4 is 10.6 Å². The third kappa shape index (κ3) is 3.04. The number of halogens is 1. The molecule has 0 fully saturated rings. The number of carbonyl (C=O) groups excluding carboxylic acids is 2. The number of amides is 2. The number of benzene rings is 2. The number of nitrogens with zero attached hydrogens (tertiary/aromatic N) is 3. The predicted molar refractivity (Wildman–Crippen MR) is 97.3 cm³/mol. The maximum Gasteiger partial charge on any atom is 0.259 e. The number of hydrogen-bond donors (Lipinski definition) is 2. The van der Waals surface area contributed by atoms with Gasteiger partial charge in [0.25, 0.3) is 11.9 Å². The molecule has 2 heterocycles. The van der Waals surface area contributed by atoms with Gasteiger partial charge in [-0.05, 0) is 17.7 Å². The second kappa shape index (κ2) is 6.61. The first-order chi connectivity index (χ1) is 12.6. The molecule has 0 radical (unpaired) electrons. The molecule has 0 unspecified atom stereocenters. The fourth-order valence-electron chi connectivity index (χ4n) is 2.87. The summed E-state index contributed by atoms with van der Waals surface area (Å²) in [4.78, 5) is 28.6. The summed E-state index contributed by atoms with van der Waals surface area (Å²) in [7, 11) is 0. The quantitative estimate of drug-likeness (QED) is 0.744. The zero-order valence-electron chi connectivity index (χ0n) is 13.5. The summed E-state index contributed by atoms with van der Waals surface area (Å²) >= 11 is 6.04. The average molecular weight is 368 g/mol. The molecule has 2 amide bonds. The van der Waals surface area contributed by atoms with E-state index in [1.165, 1.54) is 0 Å². The third-order valence-electron chi connectivity index (χ3n) is 4.08. The number of anilines is 2. The summed E-state index contributed by atoms with van der Waals surface area (Å²) in [5.41, 5.74) is 1.27. The van der Waals surface area contributed by atoms with E-state index in [2.05, 4.69) is 20.7 Å². The van der Waals surface area contributed by atoms with Crippen molar-refractivity contribution in [3.05, 3.63) is 70.7 Å². The van der Waals surface area contributed by atoms with Crippen molar-refractivity contribution in [3.8, 4) is 0 Å². The van der Waals surface area contributed by atoms with Crippen LogP contribution in [-0.2, 0) is 4.79 Å². The number of hydrogen-bond acceptors (Lipinski definition) is 4. The Morgan fingerprint density at radius 2 is 1.88 bits per heavy atom. The standard InChI is InChI=1S/C18H14ClN5O2/c19-13-9-5-4-8-12(13)16(26)21-17-22-18-20-15(25)10-14(24(18)23-17)11-6-2-1-3-7-11/h1-9,14H,10H2,(H2,20,21,22,23,25,26)/t14-/m0/s1. The molecule has 4 rings (SSSR count). The summed E-state index contributed by atoms with van der Waals surface area (Å²) in [5, 5.41) is 9.99. The molecular formula is C18H14ClN5O2. The zero-order valence-corrected chi connectivity index (χ0v) is 14.3. The Morgan fingerprint density at radius 3 is 2.65 bits per heavy atom. The Morgan fingerprint density at radius 1 is 1.15 bits per heavy atom. The highest BCUT2D eigenvalue weighted by Crippen LogP contribution is 2.29. The van der Waals surface area contributed by atoms with E-state index in [1.807, 2.05) is 30.3 Å². The van der Waals surface area contributed by atoms with Crippen molar-refractivity contribution in [1.29, 1.82) is 0 Å². The first-order valence-corrected chi connectivity index (χ1v) is 8.37. The maximum atomic E-state index is 12.4. The largest absolute Gasteiger partial charge is 0.295 e. The highest BCUT2D eigenvalue weighted by atomic mass is 35.5. The molecule has 0 bridgehead atoms. The maximum absolute atomic E-state index is 12.4. The van der Waals surface area contributed by atoms with Gasteiger partial charge >= 0.3 is 0 Å². The van der Waals surface area contributed by atoms with Gasteiger partial charge in [0, 0.05) is 0 Å². The monoisotopic (exact) mass is 367 g/mol. The average Bonchev–Trinajstić information content (AvgIpc) is 3.04. The van der Waals surface area contributed by atoms with Crippen molar-refractivity contribution < 1.29 is 9.59 Å². The van der Waals surface area contributed by atoms with E-state index >= 15 is 0 Å². The van der Waals surface area contributed by atoms with Crippen LogP contribution in [0.2, 0.25) is 5.02 Å². The summed E-state index contributed by atoms with van der Waals surface area (Å²) in [6.45, 7) is 0. The molecule has 1 aromatic heterocycles. The lowest BCUT2D eigenvalue weighted by Crippen LogP contribution is -2.29. The van der Waals surface area contributed by atoms with Crippen LogP contribution >= 0.6 is 11.6 Å². The molecule has 1 aliphatic rings. The van der Waals surface area contributed by atoms with Crippen LogP contribution in [-0.4, -0.2) is 26.6 Å². The molecule has 2 N–H and O–H groups in total. The van der Waals surface area contributed by atoms with Gasteiger partial charge in [-0.25, -0.2) is 4.68 Å². The van der Waals surface area contributed by atoms with Gasteiger partial charge in [-0.1, -0.05) is 54.1 Å². The lowest BCUT2D eigenvalue weighted by molar-refractivity contribution is -0.117. The minimum Gasteiger partial charge on any atom is -0.295 e. The van der Waals surface area contributed by atoms with Crippen molar-refractivity contribution >= 4 is 35.3 Å². The van der Waals surface area contributed by atoms with E-state index in [0.29, 0.717) is 16.5 Å². The van der Waals surface area contributed by atoms with Gasteiger partial charge < -0.3 is 0 Å². The molecular weight excluding hydrogens is 354 g/mol. The van der Waals surface area contributed by atoms with Gasteiger partial charge in [0.15, 0.2) is 0 Å². The Hall–Kier alpha value is -3.19. The van der Waals surface area contributed by atoms with Crippen LogP contribution in [0.1, 0.15) is 28.4 Å². The van der Waals surface area contributed by atoms with Crippen LogP contribution in [0.15, 0.2) is 54.6 Å². The molecule has 0 spiro atoms. The van der Waals surface area contributed by atoms with Gasteiger partial charge in [-0.3, -0.25) is 20.2 Å². The van der Waals surface area contributed by atoms with E-state index in [9.17, 15) is 9.59 Å². The fraction of sp³-hybridized carbons (Fsp3) is 0.111. The molecule has 0 saturated carbocycles. The molecule has 26 heavy (non-hydrogen) atoms. The molecule has 0 saturated heterocycles. The van der Waals surface area contributed by atoms with E-state index in [0.717, 1.165) is 5.56 Å². The Kier molecular flexibility index (Phi) is 4.14. The van der Waals surface area contributed by atoms with Gasteiger partial charge in [-0.2, -0.15) is 4.98 Å². The van der Waals surface area contributed by atoms with E-state index in [1.54, 1.807) is 28.9 Å². The summed E-state index contributed by atoms with van der Waals surface area (Å²) in [6, 6.07) is 16.0. The Balaban J connectivity index is 1.64. The Bertz CT molecular complexity index is 986. The zero-order chi connectivity index (χ0) is 18.1.